The Bertz CT molecular complexity index is 209. The van der Waals surface area contributed by atoms with E-state index in [2.05, 4.69) is 12.2 Å². The van der Waals surface area contributed by atoms with Crippen molar-refractivity contribution in [3.63, 3.8) is 0 Å². The van der Waals surface area contributed by atoms with Crippen molar-refractivity contribution in [3.05, 3.63) is 0 Å². The molecule has 1 heteroatoms. The van der Waals surface area contributed by atoms with Gasteiger partial charge in [-0.25, -0.2) is 0 Å². The van der Waals surface area contributed by atoms with Crippen LogP contribution in [0.5, 0.6) is 0 Å². The van der Waals surface area contributed by atoms with Gasteiger partial charge in [-0.15, -0.1) is 0 Å². The first-order chi connectivity index (χ1) is 6.26. The van der Waals surface area contributed by atoms with Gasteiger partial charge in [0, 0.05) is 12.6 Å². The molecule has 0 saturated heterocycles. The maximum Gasteiger partial charge on any atom is 0.00684 e. The van der Waals surface area contributed by atoms with Crippen molar-refractivity contribution < 1.29 is 0 Å². The third kappa shape index (κ3) is 1.41. The van der Waals surface area contributed by atoms with Gasteiger partial charge in [-0.3, -0.25) is 0 Å². The molecule has 3 fully saturated rings. The van der Waals surface area contributed by atoms with Crippen LogP contribution in [0.1, 0.15) is 45.4 Å². The lowest BCUT2D eigenvalue weighted by Crippen LogP contribution is -2.37. The van der Waals surface area contributed by atoms with Crippen LogP contribution >= 0.6 is 0 Å². The van der Waals surface area contributed by atoms with E-state index in [9.17, 15) is 0 Å². The van der Waals surface area contributed by atoms with E-state index in [4.69, 9.17) is 0 Å². The van der Waals surface area contributed by atoms with Gasteiger partial charge in [0.15, 0.2) is 0 Å². The molecule has 0 aliphatic heterocycles. The van der Waals surface area contributed by atoms with Crippen LogP contribution in [-0.2, 0) is 0 Å². The van der Waals surface area contributed by atoms with Crippen molar-refractivity contribution >= 4 is 0 Å². The van der Waals surface area contributed by atoms with Gasteiger partial charge >= 0.3 is 0 Å². The molecule has 0 aromatic rings. The predicted octanol–water partition coefficient (Wildman–Crippen LogP) is 2.56. The largest absolute Gasteiger partial charge is 0.313 e. The van der Waals surface area contributed by atoms with E-state index in [-0.39, 0.29) is 0 Å². The molecule has 3 unspecified atom stereocenters. The van der Waals surface area contributed by atoms with Crippen molar-refractivity contribution in [1.29, 1.82) is 0 Å². The van der Waals surface area contributed by atoms with Gasteiger partial charge in [0.25, 0.3) is 0 Å². The first-order valence-corrected chi connectivity index (χ1v) is 6.00. The van der Waals surface area contributed by atoms with E-state index < -0.39 is 0 Å². The molecule has 3 saturated carbocycles. The highest BCUT2D eigenvalue weighted by molar-refractivity contribution is 5.00. The smallest absolute Gasteiger partial charge is 0.00684 e. The highest BCUT2D eigenvalue weighted by Gasteiger charge is 2.47. The quantitative estimate of drug-likeness (QED) is 0.702. The second-order valence-corrected chi connectivity index (χ2v) is 5.89. The molecule has 0 radical (unpaired) electrons. The summed E-state index contributed by atoms with van der Waals surface area (Å²) in [7, 11) is 0. The topological polar surface area (TPSA) is 12.0 Å². The second kappa shape index (κ2) is 2.73. The lowest BCUT2D eigenvalue weighted by molar-refractivity contribution is 0.182. The van der Waals surface area contributed by atoms with Crippen LogP contribution in [0.15, 0.2) is 0 Å². The van der Waals surface area contributed by atoms with Crippen molar-refractivity contribution in [2.45, 2.75) is 51.5 Å². The number of fused-ring (bicyclic) bond motifs is 2. The first kappa shape index (κ1) is 8.28. The molecule has 3 rings (SSSR count). The second-order valence-electron chi connectivity index (χ2n) is 5.89. The highest BCUT2D eigenvalue weighted by Crippen LogP contribution is 2.55. The standard InChI is InChI=1S/C12H21N/c1-12(8-13-11-4-5-11)7-9-2-3-10(12)6-9/h9-11,13H,2-8H2,1H3. The molecule has 13 heavy (non-hydrogen) atoms. The summed E-state index contributed by atoms with van der Waals surface area (Å²) in [6, 6.07) is 0.899. The zero-order chi connectivity index (χ0) is 8.89. The maximum absolute atomic E-state index is 3.72. The Morgan fingerprint density at radius 3 is 2.62 bits per heavy atom. The summed E-state index contributed by atoms with van der Waals surface area (Å²) in [4.78, 5) is 0. The van der Waals surface area contributed by atoms with E-state index in [0.717, 1.165) is 17.9 Å². The molecule has 3 atom stereocenters. The van der Waals surface area contributed by atoms with Crippen LogP contribution in [0, 0.1) is 17.3 Å². The van der Waals surface area contributed by atoms with Crippen LogP contribution in [0.3, 0.4) is 0 Å². The van der Waals surface area contributed by atoms with Crippen LogP contribution in [-0.4, -0.2) is 12.6 Å². The van der Waals surface area contributed by atoms with Crippen LogP contribution in [0.25, 0.3) is 0 Å². The molecular weight excluding hydrogens is 158 g/mol. The Balaban J connectivity index is 1.60. The molecule has 0 spiro atoms. The van der Waals surface area contributed by atoms with Gasteiger partial charge in [0.2, 0.25) is 0 Å². The minimum absolute atomic E-state index is 0.672. The van der Waals surface area contributed by atoms with Gasteiger partial charge in [-0.05, 0) is 49.4 Å². The molecular formula is C12H21N. The molecule has 2 bridgehead atoms. The fourth-order valence-corrected chi connectivity index (χ4v) is 3.60. The molecule has 74 valence electrons. The molecule has 3 aliphatic carbocycles. The normalized spacial score (nSPS) is 48.7. The van der Waals surface area contributed by atoms with E-state index >= 15 is 0 Å². The van der Waals surface area contributed by atoms with E-state index in [1.54, 1.807) is 6.42 Å². The number of rotatable bonds is 3. The van der Waals surface area contributed by atoms with Crippen molar-refractivity contribution in [2.24, 2.45) is 17.3 Å². The average molecular weight is 179 g/mol. The molecule has 0 heterocycles. The number of hydrogen-bond donors (Lipinski definition) is 1. The van der Waals surface area contributed by atoms with Crippen molar-refractivity contribution in [3.8, 4) is 0 Å². The van der Waals surface area contributed by atoms with Crippen molar-refractivity contribution in [1.82, 2.24) is 5.32 Å². The van der Waals surface area contributed by atoms with Gasteiger partial charge < -0.3 is 5.32 Å². The summed E-state index contributed by atoms with van der Waals surface area (Å²) in [6.07, 6.45) is 8.98. The van der Waals surface area contributed by atoms with E-state index in [1.807, 2.05) is 0 Å². The fourth-order valence-electron chi connectivity index (χ4n) is 3.60. The summed E-state index contributed by atoms with van der Waals surface area (Å²) in [5, 5.41) is 3.72. The van der Waals surface area contributed by atoms with Crippen LogP contribution in [0.2, 0.25) is 0 Å². The minimum atomic E-state index is 0.672. The van der Waals surface area contributed by atoms with Crippen molar-refractivity contribution in [2.75, 3.05) is 6.54 Å². The number of nitrogens with one attached hydrogen (secondary N) is 1. The summed E-state index contributed by atoms with van der Waals surface area (Å²) in [6.45, 7) is 3.82. The Morgan fingerprint density at radius 1 is 1.23 bits per heavy atom. The summed E-state index contributed by atoms with van der Waals surface area (Å²) >= 11 is 0. The summed E-state index contributed by atoms with van der Waals surface area (Å²) < 4.78 is 0. The third-order valence-corrected chi connectivity index (χ3v) is 4.65. The van der Waals surface area contributed by atoms with Gasteiger partial charge in [0.1, 0.15) is 0 Å². The van der Waals surface area contributed by atoms with Gasteiger partial charge in [-0.1, -0.05) is 13.3 Å². The SMILES string of the molecule is CC1(CNC2CC2)CC2CCC1C2. The number of hydrogen-bond acceptors (Lipinski definition) is 1. The summed E-state index contributed by atoms with van der Waals surface area (Å²) in [5.41, 5.74) is 0.672. The maximum atomic E-state index is 3.72. The molecule has 0 amide bonds. The first-order valence-electron chi connectivity index (χ1n) is 6.00. The molecule has 3 aliphatic rings. The Hall–Kier alpha value is -0.0400. The van der Waals surface area contributed by atoms with Gasteiger partial charge in [0.05, 0.1) is 0 Å². The van der Waals surface area contributed by atoms with Gasteiger partial charge in [-0.2, -0.15) is 0 Å². The Kier molecular flexibility index (Phi) is 1.74. The monoisotopic (exact) mass is 179 g/mol. The third-order valence-electron chi connectivity index (χ3n) is 4.65. The van der Waals surface area contributed by atoms with Crippen LogP contribution < -0.4 is 5.32 Å². The average Bonchev–Trinajstić information content (AvgIpc) is 2.75. The lowest BCUT2D eigenvalue weighted by Gasteiger charge is -2.34. The fraction of sp³-hybridized carbons (Fsp3) is 1.00. The minimum Gasteiger partial charge on any atom is -0.313 e. The Labute approximate surface area is 81.3 Å². The molecule has 0 aromatic carbocycles. The van der Waals surface area contributed by atoms with E-state index in [1.165, 1.54) is 38.6 Å². The summed E-state index contributed by atoms with van der Waals surface area (Å²) in [5.74, 6) is 2.15. The Morgan fingerprint density at radius 2 is 2.08 bits per heavy atom. The molecule has 1 nitrogen and oxygen atoms in total. The van der Waals surface area contributed by atoms with E-state index in [0.29, 0.717) is 5.41 Å². The predicted molar refractivity (Wildman–Crippen MR) is 54.6 cm³/mol. The highest BCUT2D eigenvalue weighted by atomic mass is 15.0. The molecule has 1 N–H and O–H groups in total. The molecule has 0 aromatic heterocycles. The zero-order valence-corrected chi connectivity index (χ0v) is 8.68. The zero-order valence-electron chi connectivity index (χ0n) is 8.68. The lowest BCUT2D eigenvalue weighted by atomic mass is 9.75. The van der Waals surface area contributed by atoms with Crippen LogP contribution in [0.4, 0.5) is 0 Å².